The Balaban J connectivity index is 1.34. The van der Waals surface area contributed by atoms with E-state index in [2.05, 4.69) is 17.4 Å². The van der Waals surface area contributed by atoms with Crippen LogP contribution in [0.3, 0.4) is 0 Å². The molecule has 2 heterocycles. The molecule has 1 saturated heterocycles. The van der Waals surface area contributed by atoms with Gasteiger partial charge in [-0.3, -0.25) is 4.79 Å². The van der Waals surface area contributed by atoms with Gasteiger partial charge < -0.3 is 23.9 Å². The third kappa shape index (κ3) is 4.52. The summed E-state index contributed by atoms with van der Waals surface area (Å²) in [4.78, 5) is 12.7. The topological polar surface area (TPSA) is 69.9 Å². The number of hydrogen-bond donors (Lipinski definition) is 1. The fourth-order valence-corrected chi connectivity index (χ4v) is 5.15. The number of amides is 1. The molecule has 1 aromatic heterocycles. The highest BCUT2D eigenvalue weighted by molar-refractivity contribution is 5.84. The summed E-state index contributed by atoms with van der Waals surface area (Å²) >= 11 is 0. The molecule has 2 fully saturated rings. The maximum Gasteiger partial charge on any atom is 0.223 e. The van der Waals surface area contributed by atoms with E-state index in [9.17, 15) is 4.79 Å². The van der Waals surface area contributed by atoms with Gasteiger partial charge in [-0.2, -0.15) is 0 Å². The van der Waals surface area contributed by atoms with E-state index in [1.54, 1.807) is 14.2 Å². The Kier molecular flexibility index (Phi) is 6.16. The summed E-state index contributed by atoms with van der Waals surface area (Å²) in [5.74, 6) is 3.21. The van der Waals surface area contributed by atoms with Crippen molar-refractivity contribution in [1.29, 1.82) is 0 Å². The van der Waals surface area contributed by atoms with E-state index in [0.29, 0.717) is 18.7 Å². The number of fused-ring (bicyclic) bond motifs is 1. The molecule has 174 valence electrons. The molecule has 2 atom stereocenters. The van der Waals surface area contributed by atoms with Gasteiger partial charge in [0.25, 0.3) is 0 Å². The summed E-state index contributed by atoms with van der Waals surface area (Å²) in [6.45, 7) is 0.623. The molecule has 6 heteroatoms. The minimum atomic E-state index is -0.156. The Morgan fingerprint density at radius 1 is 1.00 bits per heavy atom. The number of methoxy groups -OCH3 is 2. The van der Waals surface area contributed by atoms with Crippen molar-refractivity contribution in [2.75, 3.05) is 20.8 Å². The van der Waals surface area contributed by atoms with Gasteiger partial charge in [-0.15, -0.1) is 0 Å². The highest BCUT2D eigenvalue weighted by atomic mass is 16.5. The first kappa shape index (κ1) is 21.7. The van der Waals surface area contributed by atoms with Crippen LogP contribution in [0.25, 0.3) is 11.0 Å². The zero-order valence-corrected chi connectivity index (χ0v) is 19.3. The third-order valence-corrected chi connectivity index (χ3v) is 6.94. The number of hydrogen-bond acceptors (Lipinski definition) is 5. The normalized spacial score (nSPS) is 21.2. The van der Waals surface area contributed by atoms with Gasteiger partial charge >= 0.3 is 0 Å². The fourth-order valence-electron chi connectivity index (χ4n) is 5.15. The predicted molar refractivity (Wildman–Crippen MR) is 126 cm³/mol. The SMILES string of the molecule is COc1ccc([C@H]2CNC(=O)[C@H](Cc3cc4cccc(OC)c4o3)C2)cc1OC1CCCC1. The number of para-hydroxylation sites is 1. The van der Waals surface area contributed by atoms with Crippen molar-refractivity contribution in [2.45, 2.75) is 50.5 Å². The molecule has 0 unspecified atom stereocenters. The molecular weight excluding hydrogens is 418 g/mol. The molecule has 3 aromatic rings. The molecule has 1 amide bonds. The summed E-state index contributed by atoms with van der Waals surface area (Å²) in [6.07, 6.45) is 6.21. The van der Waals surface area contributed by atoms with Gasteiger partial charge in [0.05, 0.1) is 20.3 Å². The highest BCUT2D eigenvalue weighted by Crippen LogP contribution is 2.37. The van der Waals surface area contributed by atoms with Crippen LogP contribution < -0.4 is 19.5 Å². The molecule has 1 saturated carbocycles. The number of benzene rings is 2. The first-order valence-corrected chi connectivity index (χ1v) is 11.8. The second-order valence-corrected chi connectivity index (χ2v) is 9.10. The first-order valence-electron chi connectivity index (χ1n) is 11.8. The summed E-state index contributed by atoms with van der Waals surface area (Å²) in [5.41, 5.74) is 1.90. The number of furan rings is 1. The van der Waals surface area contributed by atoms with Crippen LogP contribution in [-0.4, -0.2) is 32.8 Å². The average Bonchev–Trinajstić information content (AvgIpc) is 3.49. The van der Waals surface area contributed by atoms with Crippen molar-refractivity contribution in [1.82, 2.24) is 5.32 Å². The Morgan fingerprint density at radius 3 is 2.61 bits per heavy atom. The molecule has 1 N–H and O–H groups in total. The van der Waals surface area contributed by atoms with E-state index in [0.717, 1.165) is 47.5 Å². The third-order valence-electron chi connectivity index (χ3n) is 6.94. The van der Waals surface area contributed by atoms with Gasteiger partial charge in [0.2, 0.25) is 5.91 Å². The van der Waals surface area contributed by atoms with E-state index in [1.807, 2.05) is 30.3 Å². The van der Waals surface area contributed by atoms with E-state index in [1.165, 1.54) is 18.4 Å². The lowest BCUT2D eigenvalue weighted by atomic mass is 9.83. The number of ether oxygens (including phenoxy) is 3. The van der Waals surface area contributed by atoms with Gasteiger partial charge in [0, 0.05) is 30.2 Å². The molecule has 2 aliphatic rings. The van der Waals surface area contributed by atoms with E-state index >= 15 is 0 Å². The molecule has 33 heavy (non-hydrogen) atoms. The molecule has 0 bridgehead atoms. The van der Waals surface area contributed by atoms with Crippen LogP contribution in [0.15, 0.2) is 46.9 Å². The van der Waals surface area contributed by atoms with Crippen molar-refractivity contribution >= 4 is 16.9 Å². The number of nitrogens with one attached hydrogen (secondary N) is 1. The first-order chi connectivity index (χ1) is 16.1. The second-order valence-electron chi connectivity index (χ2n) is 9.10. The number of rotatable bonds is 7. The average molecular weight is 450 g/mol. The summed E-state index contributed by atoms with van der Waals surface area (Å²) < 4.78 is 23.3. The summed E-state index contributed by atoms with van der Waals surface area (Å²) in [6, 6.07) is 14.0. The fraction of sp³-hybridized carbons (Fsp3) is 0.444. The second kappa shape index (κ2) is 9.38. The minimum Gasteiger partial charge on any atom is -0.493 e. The van der Waals surface area contributed by atoms with Gasteiger partial charge in [-0.25, -0.2) is 0 Å². The smallest absolute Gasteiger partial charge is 0.223 e. The summed E-state index contributed by atoms with van der Waals surface area (Å²) in [5, 5.41) is 4.09. The van der Waals surface area contributed by atoms with Crippen molar-refractivity contribution in [2.24, 2.45) is 5.92 Å². The number of carbonyl (C=O) groups is 1. The predicted octanol–water partition coefficient (Wildman–Crippen LogP) is 5.23. The Hall–Kier alpha value is -3.15. The zero-order valence-electron chi connectivity index (χ0n) is 19.3. The van der Waals surface area contributed by atoms with Crippen molar-refractivity contribution < 1.29 is 23.4 Å². The van der Waals surface area contributed by atoms with Crippen molar-refractivity contribution in [3.63, 3.8) is 0 Å². The number of piperidine rings is 1. The monoisotopic (exact) mass is 449 g/mol. The molecule has 2 aromatic carbocycles. The quantitative estimate of drug-likeness (QED) is 0.535. The van der Waals surface area contributed by atoms with Crippen LogP contribution in [-0.2, 0) is 11.2 Å². The number of carbonyl (C=O) groups excluding carboxylic acids is 1. The molecule has 5 rings (SSSR count). The molecule has 0 radical (unpaired) electrons. The lowest BCUT2D eigenvalue weighted by molar-refractivity contribution is -0.127. The van der Waals surface area contributed by atoms with Crippen LogP contribution in [0.2, 0.25) is 0 Å². The maximum absolute atomic E-state index is 12.7. The molecule has 6 nitrogen and oxygen atoms in total. The Labute approximate surface area is 194 Å². The molecule has 1 aliphatic carbocycles. The summed E-state index contributed by atoms with van der Waals surface area (Å²) in [7, 11) is 3.31. The van der Waals surface area contributed by atoms with Crippen molar-refractivity contribution in [3.8, 4) is 17.2 Å². The highest BCUT2D eigenvalue weighted by Gasteiger charge is 2.31. The van der Waals surface area contributed by atoms with Crippen LogP contribution >= 0.6 is 0 Å². The van der Waals surface area contributed by atoms with Crippen LogP contribution in [0.4, 0.5) is 0 Å². The lowest BCUT2D eigenvalue weighted by Crippen LogP contribution is -2.41. The molecular formula is C27H31NO5. The van der Waals surface area contributed by atoms with Crippen LogP contribution in [0, 0.1) is 5.92 Å². The Morgan fingerprint density at radius 2 is 1.82 bits per heavy atom. The largest absolute Gasteiger partial charge is 0.493 e. The van der Waals surface area contributed by atoms with Gasteiger partial charge in [-0.1, -0.05) is 18.2 Å². The minimum absolute atomic E-state index is 0.0783. The van der Waals surface area contributed by atoms with Crippen LogP contribution in [0.1, 0.15) is 49.3 Å². The molecule has 0 spiro atoms. The van der Waals surface area contributed by atoms with Gasteiger partial charge in [0.15, 0.2) is 22.8 Å². The molecule has 1 aliphatic heterocycles. The van der Waals surface area contributed by atoms with Crippen molar-refractivity contribution in [3.05, 3.63) is 53.8 Å². The van der Waals surface area contributed by atoms with Gasteiger partial charge in [-0.05, 0) is 61.9 Å². The van der Waals surface area contributed by atoms with Crippen LogP contribution in [0.5, 0.6) is 17.2 Å². The maximum atomic E-state index is 12.7. The zero-order chi connectivity index (χ0) is 22.8. The van der Waals surface area contributed by atoms with E-state index in [4.69, 9.17) is 18.6 Å². The lowest BCUT2D eigenvalue weighted by Gasteiger charge is -2.29. The van der Waals surface area contributed by atoms with E-state index < -0.39 is 0 Å². The Bertz CT molecular complexity index is 1130. The standard InChI is InChI=1S/C27H31NO5/c1-30-23-11-10-17(15-25(23)32-21-7-3-4-8-21)20-12-19(27(29)28-16-20)14-22-13-18-6-5-9-24(31-2)26(18)33-22/h5-6,9-11,13,15,19-21H,3-4,7-8,12,14,16H2,1-2H3,(H,28,29)/t19-,20+/m0/s1. The van der Waals surface area contributed by atoms with Gasteiger partial charge in [0.1, 0.15) is 5.76 Å². The van der Waals surface area contributed by atoms with E-state index in [-0.39, 0.29) is 23.8 Å².